The number of rotatable bonds is 4. The Morgan fingerprint density at radius 1 is 1.56 bits per heavy atom. The molecule has 0 saturated heterocycles. The third kappa shape index (κ3) is 5.57. The molecule has 0 radical (unpaired) electrons. The second kappa shape index (κ2) is 5.83. The molecule has 9 heavy (non-hydrogen) atoms. The summed E-state index contributed by atoms with van der Waals surface area (Å²) >= 11 is 0. The van der Waals surface area contributed by atoms with E-state index in [1.54, 1.807) is 0 Å². The minimum Gasteiger partial charge on any atom is -0.317 e. The van der Waals surface area contributed by atoms with E-state index >= 15 is 0 Å². The molecule has 0 rings (SSSR count). The van der Waals surface area contributed by atoms with Crippen LogP contribution >= 0.6 is 0 Å². The molecule has 0 spiro atoms. The Morgan fingerprint density at radius 3 is 2.67 bits per heavy atom. The summed E-state index contributed by atoms with van der Waals surface area (Å²) in [5, 5.41) is 3.27. The number of hydrogen-bond acceptors (Lipinski definition) is 1. The molecule has 0 aliphatic carbocycles. The third-order valence-electron chi connectivity index (χ3n) is 1.44. The van der Waals surface area contributed by atoms with E-state index in [-0.39, 0.29) is 0 Å². The Bertz CT molecular complexity index is 84.6. The molecule has 0 aliphatic heterocycles. The van der Waals surface area contributed by atoms with Gasteiger partial charge in [0.25, 0.3) is 0 Å². The molecular formula is C8H17N. The summed E-state index contributed by atoms with van der Waals surface area (Å²) in [6.45, 7) is 8.58. The predicted octanol–water partition coefficient (Wildman–Crippen LogP) is 1.95. The van der Waals surface area contributed by atoms with Gasteiger partial charge in [0.15, 0.2) is 0 Å². The van der Waals surface area contributed by atoms with Gasteiger partial charge in [-0.15, -0.1) is 0 Å². The van der Waals surface area contributed by atoms with Crippen LogP contribution in [0.3, 0.4) is 0 Å². The van der Waals surface area contributed by atoms with Crippen LogP contribution in [-0.4, -0.2) is 13.1 Å². The lowest BCUT2D eigenvalue weighted by atomic mass is 10.2. The van der Waals surface area contributed by atoms with Crippen LogP contribution < -0.4 is 5.32 Å². The van der Waals surface area contributed by atoms with Crippen LogP contribution in [0.25, 0.3) is 0 Å². The van der Waals surface area contributed by atoms with Crippen LogP contribution in [-0.2, 0) is 0 Å². The van der Waals surface area contributed by atoms with Crippen molar-refractivity contribution in [3.05, 3.63) is 11.6 Å². The highest BCUT2D eigenvalue weighted by Gasteiger charge is 1.84. The van der Waals surface area contributed by atoms with E-state index in [0.717, 1.165) is 13.1 Å². The lowest BCUT2D eigenvalue weighted by Crippen LogP contribution is -2.13. The average Bonchev–Trinajstić information content (AvgIpc) is 1.89. The van der Waals surface area contributed by atoms with Gasteiger partial charge in [0.2, 0.25) is 0 Å². The molecular weight excluding hydrogens is 110 g/mol. The fraction of sp³-hybridized carbons (Fsp3) is 0.750. The van der Waals surface area contributed by atoms with Gasteiger partial charge in [0.1, 0.15) is 0 Å². The largest absolute Gasteiger partial charge is 0.317 e. The first kappa shape index (κ1) is 8.70. The first-order valence-corrected chi connectivity index (χ1v) is 3.63. The maximum absolute atomic E-state index is 3.27. The normalized spacial score (nSPS) is 12.1. The predicted molar refractivity (Wildman–Crippen MR) is 42.6 cm³/mol. The van der Waals surface area contributed by atoms with Crippen LogP contribution in [0.5, 0.6) is 0 Å². The molecule has 54 valence electrons. The standard InChI is InChI=1S/C8H17N/c1-4-8(3)6-7-9-5-2/h4,9H,5-7H2,1-3H3. The topological polar surface area (TPSA) is 12.0 Å². The summed E-state index contributed by atoms with van der Waals surface area (Å²) in [6, 6.07) is 0. The van der Waals surface area contributed by atoms with E-state index in [0.29, 0.717) is 0 Å². The van der Waals surface area contributed by atoms with Gasteiger partial charge >= 0.3 is 0 Å². The summed E-state index contributed by atoms with van der Waals surface area (Å²) in [5.74, 6) is 0. The van der Waals surface area contributed by atoms with Crippen molar-refractivity contribution in [2.75, 3.05) is 13.1 Å². The minimum absolute atomic E-state index is 1.08. The van der Waals surface area contributed by atoms with E-state index in [2.05, 4.69) is 32.2 Å². The Hall–Kier alpha value is -0.300. The van der Waals surface area contributed by atoms with Crippen molar-refractivity contribution in [1.29, 1.82) is 0 Å². The molecule has 0 aromatic rings. The van der Waals surface area contributed by atoms with Crippen molar-refractivity contribution in [3.8, 4) is 0 Å². The van der Waals surface area contributed by atoms with Crippen LogP contribution in [0.2, 0.25) is 0 Å². The molecule has 1 N–H and O–H groups in total. The van der Waals surface area contributed by atoms with Crippen LogP contribution in [0.1, 0.15) is 27.2 Å². The van der Waals surface area contributed by atoms with Gasteiger partial charge in [-0.3, -0.25) is 0 Å². The fourth-order valence-corrected chi connectivity index (χ4v) is 0.607. The molecule has 0 aliphatic rings. The van der Waals surface area contributed by atoms with Crippen molar-refractivity contribution in [2.45, 2.75) is 27.2 Å². The van der Waals surface area contributed by atoms with E-state index in [9.17, 15) is 0 Å². The molecule has 1 heteroatoms. The Morgan fingerprint density at radius 2 is 2.22 bits per heavy atom. The van der Waals surface area contributed by atoms with E-state index in [1.807, 2.05) is 0 Å². The van der Waals surface area contributed by atoms with E-state index in [4.69, 9.17) is 0 Å². The zero-order valence-electron chi connectivity index (χ0n) is 6.70. The lowest BCUT2D eigenvalue weighted by Gasteiger charge is -1.99. The Labute approximate surface area is 58.2 Å². The second-order valence-electron chi connectivity index (χ2n) is 2.24. The highest BCUT2D eigenvalue weighted by atomic mass is 14.8. The van der Waals surface area contributed by atoms with Gasteiger partial charge in [-0.25, -0.2) is 0 Å². The molecule has 0 atom stereocenters. The molecule has 0 saturated carbocycles. The van der Waals surface area contributed by atoms with Gasteiger partial charge < -0.3 is 5.32 Å². The molecule has 0 fully saturated rings. The van der Waals surface area contributed by atoms with Gasteiger partial charge in [-0.2, -0.15) is 0 Å². The maximum Gasteiger partial charge on any atom is -0.00118 e. The smallest absolute Gasteiger partial charge is 0.00118 e. The van der Waals surface area contributed by atoms with E-state index in [1.165, 1.54) is 12.0 Å². The Balaban J connectivity index is 3.07. The number of hydrogen-bond donors (Lipinski definition) is 1. The van der Waals surface area contributed by atoms with Gasteiger partial charge in [-0.05, 0) is 33.4 Å². The van der Waals surface area contributed by atoms with Crippen molar-refractivity contribution in [3.63, 3.8) is 0 Å². The van der Waals surface area contributed by atoms with Crippen LogP contribution in [0.15, 0.2) is 11.6 Å². The number of allylic oxidation sites excluding steroid dienone is 1. The fourth-order valence-electron chi connectivity index (χ4n) is 0.607. The SMILES string of the molecule is CC=C(C)CCNCC. The van der Waals surface area contributed by atoms with Gasteiger partial charge in [-0.1, -0.05) is 18.6 Å². The molecule has 1 nitrogen and oxygen atoms in total. The molecule has 0 amide bonds. The van der Waals surface area contributed by atoms with Crippen molar-refractivity contribution in [1.82, 2.24) is 5.32 Å². The summed E-state index contributed by atoms with van der Waals surface area (Å²) in [4.78, 5) is 0. The van der Waals surface area contributed by atoms with Gasteiger partial charge in [0.05, 0.1) is 0 Å². The third-order valence-corrected chi connectivity index (χ3v) is 1.44. The quantitative estimate of drug-likeness (QED) is 0.449. The maximum atomic E-state index is 3.27. The summed E-state index contributed by atoms with van der Waals surface area (Å²) in [5.41, 5.74) is 1.47. The monoisotopic (exact) mass is 127 g/mol. The van der Waals surface area contributed by atoms with Crippen molar-refractivity contribution >= 4 is 0 Å². The van der Waals surface area contributed by atoms with Crippen LogP contribution in [0.4, 0.5) is 0 Å². The van der Waals surface area contributed by atoms with E-state index < -0.39 is 0 Å². The zero-order chi connectivity index (χ0) is 7.11. The Kier molecular flexibility index (Phi) is 5.64. The highest BCUT2D eigenvalue weighted by molar-refractivity contribution is 4.95. The van der Waals surface area contributed by atoms with Gasteiger partial charge in [0, 0.05) is 0 Å². The molecule has 0 heterocycles. The average molecular weight is 127 g/mol. The van der Waals surface area contributed by atoms with Crippen molar-refractivity contribution in [2.24, 2.45) is 0 Å². The zero-order valence-corrected chi connectivity index (χ0v) is 6.70. The minimum atomic E-state index is 1.08. The van der Waals surface area contributed by atoms with Crippen molar-refractivity contribution < 1.29 is 0 Å². The first-order chi connectivity index (χ1) is 4.31. The summed E-state index contributed by atoms with van der Waals surface area (Å²) in [6.07, 6.45) is 3.35. The molecule has 0 bridgehead atoms. The van der Waals surface area contributed by atoms with Crippen LogP contribution in [0, 0.1) is 0 Å². The number of nitrogens with one attached hydrogen (secondary N) is 1. The second-order valence-corrected chi connectivity index (χ2v) is 2.24. The summed E-state index contributed by atoms with van der Waals surface area (Å²) < 4.78 is 0. The summed E-state index contributed by atoms with van der Waals surface area (Å²) in [7, 11) is 0. The lowest BCUT2D eigenvalue weighted by molar-refractivity contribution is 0.712. The molecule has 0 unspecified atom stereocenters. The highest BCUT2D eigenvalue weighted by Crippen LogP contribution is 1.95. The molecule has 0 aromatic heterocycles. The first-order valence-electron chi connectivity index (χ1n) is 3.63. The molecule has 0 aromatic carbocycles.